The lowest BCUT2D eigenvalue weighted by Gasteiger charge is -2.03. The molecule has 0 atom stereocenters. The number of halogens is 1. The zero-order valence-corrected chi connectivity index (χ0v) is 7.33. The first-order valence-electron chi connectivity index (χ1n) is 3.66. The lowest BCUT2D eigenvalue weighted by molar-refractivity contribution is -0.00812. The first-order chi connectivity index (χ1) is 6.19. The Morgan fingerprint density at radius 1 is 1.46 bits per heavy atom. The minimum atomic E-state index is -0.614. The summed E-state index contributed by atoms with van der Waals surface area (Å²) in [7, 11) is 1.23. The van der Waals surface area contributed by atoms with Crippen molar-refractivity contribution in [2.45, 2.75) is 6.92 Å². The summed E-state index contributed by atoms with van der Waals surface area (Å²) in [6.07, 6.45) is 0. The molecular weight excluding hydrogens is 175 g/mol. The van der Waals surface area contributed by atoms with Gasteiger partial charge in [-0.15, -0.1) is 0 Å². The van der Waals surface area contributed by atoms with E-state index in [2.05, 4.69) is 9.68 Å². The van der Waals surface area contributed by atoms with Crippen molar-refractivity contribution in [2.75, 3.05) is 7.11 Å². The molecule has 13 heavy (non-hydrogen) atoms. The molecular formula is C9H9FO3. The molecule has 0 aromatic heterocycles. The van der Waals surface area contributed by atoms with Crippen molar-refractivity contribution < 1.29 is 19.0 Å². The average molecular weight is 184 g/mol. The van der Waals surface area contributed by atoms with E-state index >= 15 is 0 Å². The van der Waals surface area contributed by atoms with Crippen LogP contribution in [-0.2, 0) is 4.74 Å². The number of aryl methyl sites for hydroxylation is 1. The molecule has 0 saturated carbocycles. The van der Waals surface area contributed by atoms with E-state index in [-0.39, 0.29) is 11.3 Å². The second-order valence-electron chi connectivity index (χ2n) is 2.57. The van der Waals surface area contributed by atoms with Crippen LogP contribution in [0.15, 0.2) is 18.2 Å². The van der Waals surface area contributed by atoms with Gasteiger partial charge >= 0.3 is 5.97 Å². The van der Waals surface area contributed by atoms with Crippen LogP contribution in [-0.4, -0.2) is 13.1 Å². The minimum absolute atomic E-state index is 0.0880. The molecule has 0 heterocycles. The summed E-state index contributed by atoms with van der Waals surface area (Å²) < 4.78 is 16.4. The van der Waals surface area contributed by atoms with E-state index in [9.17, 15) is 9.32 Å². The second-order valence-corrected chi connectivity index (χ2v) is 2.57. The maximum absolute atomic E-state index is 11.9. The molecule has 0 aliphatic carbocycles. The van der Waals surface area contributed by atoms with E-state index in [1.807, 2.05) is 0 Å². The molecule has 1 aromatic carbocycles. The van der Waals surface area contributed by atoms with Gasteiger partial charge in [0, 0.05) is 4.53 Å². The van der Waals surface area contributed by atoms with Gasteiger partial charge in [0.2, 0.25) is 0 Å². The standard InChI is InChI=1S/C9H9FO3/c1-6-3-4-8(13-10)7(5-6)9(11)12-2/h3-5H,1-2H3. The molecule has 0 spiro atoms. The highest BCUT2D eigenvalue weighted by atomic mass is 19.3. The topological polar surface area (TPSA) is 35.5 Å². The Kier molecular flexibility index (Phi) is 2.84. The van der Waals surface area contributed by atoms with Crippen molar-refractivity contribution in [3.8, 4) is 5.75 Å². The van der Waals surface area contributed by atoms with Gasteiger partial charge in [-0.1, -0.05) is 6.07 Å². The molecule has 1 rings (SSSR count). The Morgan fingerprint density at radius 2 is 2.15 bits per heavy atom. The molecule has 0 fully saturated rings. The van der Waals surface area contributed by atoms with Crippen molar-refractivity contribution in [3.05, 3.63) is 29.3 Å². The predicted octanol–water partition coefficient (Wildman–Crippen LogP) is 2.04. The Bertz CT molecular complexity index is 323. The maximum atomic E-state index is 11.9. The molecule has 0 bridgehead atoms. The molecule has 0 saturated heterocycles. The lowest BCUT2D eigenvalue weighted by Crippen LogP contribution is -2.03. The van der Waals surface area contributed by atoms with Crippen molar-refractivity contribution >= 4 is 5.97 Å². The molecule has 0 N–H and O–H groups in total. The van der Waals surface area contributed by atoms with Crippen molar-refractivity contribution in [2.24, 2.45) is 0 Å². The van der Waals surface area contributed by atoms with Gasteiger partial charge in [-0.2, -0.15) is 0 Å². The first kappa shape index (κ1) is 9.51. The van der Waals surface area contributed by atoms with E-state index < -0.39 is 5.97 Å². The SMILES string of the molecule is COC(=O)c1cc(C)ccc1OF. The highest BCUT2D eigenvalue weighted by Gasteiger charge is 2.13. The molecule has 0 radical (unpaired) electrons. The number of hydrogen-bond acceptors (Lipinski definition) is 3. The Morgan fingerprint density at radius 3 is 2.69 bits per heavy atom. The Hall–Kier alpha value is -1.58. The van der Waals surface area contributed by atoms with Crippen molar-refractivity contribution in [1.82, 2.24) is 0 Å². The fraction of sp³-hybridized carbons (Fsp3) is 0.222. The summed E-state index contributed by atoms with van der Waals surface area (Å²) in [5, 5.41) is 0. The van der Waals surface area contributed by atoms with Gasteiger partial charge in [-0.05, 0) is 24.6 Å². The van der Waals surface area contributed by atoms with Gasteiger partial charge in [0.05, 0.1) is 7.11 Å². The molecule has 1 aromatic rings. The van der Waals surface area contributed by atoms with E-state index in [4.69, 9.17) is 0 Å². The number of rotatable bonds is 2. The van der Waals surface area contributed by atoms with Crippen LogP contribution in [0, 0.1) is 6.92 Å². The van der Waals surface area contributed by atoms with Crippen LogP contribution in [0.4, 0.5) is 4.53 Å². The highest BCUT2D eigenvalue weighted by molar-refractivity contribution is 5.92. The summed E-state index contributed by atoms with van der Waals surface area (Å²) >= 11 is 0. The number of carbonyl (C=O) groups is 1. The minimum Gasteiger partial charge on any atom is -0.465 e. The number of benzene rings is 1. The number of methoxy groups -OCH3 is 1. The maximum Gasteiger partial charge on any atom is 0.341 e. The normalized spacial score (nSPS) is 9.46. The van der Waals surface area contributed by atoms with Crippen LogP contribution in [0.1, 0.15) is 15.9 Å². The number of esters is 1. The molecule has 0 aliphatic heterocycles. The van der Waals surface area contributed by atoms with Gasteiger partial charge in [0.25, 0.3) is 0 Å². The summed E-state index contributed by atoms with van der Waals surface area (Å²) in [6.45, 7) is 1.79. The third-order valence-electron chi connectivity index (χ3n) is 1.62. The van der Waals surface area contributed by atoms with Gasteiger partial charge in [0.1, 0.15) is 5.56 Å². The molecule has 4 heteroatoms. The van der Waals surface area contributed by atoms with Gasteiger partial charge in [-0.3, -0.25) is 4.94 Å². The van der Waals surface area contributed by atoms with Crippen LogP contribution in [0.2, 0.25) is 0 Å². The number of carbonyl (C=O) groups excluding carboxylic acids is 1. The predicted molar refractivity (Wildman–Crippen MR) is 44.3 cm³/mol. The van der Waals surface area contributed by atoms with Crippen molar-refractivity contribution in [3.63, 3.8) is 0 Å². The third kappa shape index (κ3) is 1.96. The van der Waals surface area contributed by atoms with Crippen LogP contribution in [0.3, 0.4) is 0 Å². The second kappa shape index (κ2) is 3.89. The monoisotopic (exact) mass is 184 g/mol. The molecule has 0 unspecified atom stereocenters. The molecule has 3 nitrogen and oxygen atoms in total. The number of hydrogen-bond donors (Lipinski definition) is 0. The van der Waals surface area contributed by atoms with Crippen LogP contribution < -0.4 is 4.94 Å². The van der Waals surface area contributed by atoms with E-state index in [0.29, 0.717) is 0 Å². The smallest absolute Gasteiger partial charge is 0.341 e. The van der Waals surface area contributed by atoms with Crippen LogP contribution in [0.5, 0.6) is 5.75 Å². The summed E-state index contributed by atoms with van der Waals surface area (Å²) in [4.78, 5) is 14.6. The summed E-state index contributed by atoms with van der Waals surface area (Å²) in [6, 6.07) is 4.52. The van der Waals surface area contributed by atoms with E-state index in [1.165, 1.54) is 19.2 Å². The molecule has 0 aliphatic rings. The van der Waals surface area contributed by atoms with Crippen LogP contribution in [0.25, 0.3) is 0 Å². The zero-order chi connectivity index (χ0) is 9.84. The summed E-state index contributed by atoms with van der Waals surface area (Å²) in [5.74, 6) is -0.742. The van der Waals surface area contributed by atoms with E-state index in [1.54, 1.807) is 13.0 Å². The quantitative estimate of drug-likeness (QED) is 0.660. The van der Waals surface area contributed by atoms with Crippen molar-refractivity contribution in [1.29, 1.82) is 0 Å². The largest absolute Gasteiger partial charge is 0.465 e. The average Bonchev–Trinajstić information content (AvgIpc) is 2.16. The van der Waals surface area contributed by atoms with Crippen LogP contribution >= 0.6 is 0 Å². The van der Waals surface area contributed by atoms with E-state index in [0.717, 1.165) is 5.56 Å². The molecule has 0 amide bonds. The molecule has 70 valence electrons. The van der Waals surface area contributed by atoms with Gasteiger partial charge in [-0.25, -0.2) is 4.79 Å². The van der Waals surface area contributed by atoms with Gasteiger partial charge in [0.15, 0.2) is 5.75 Å². The highest BCUT2D eigenvalue weighted by Crippen LogP contribution is 2.20. The first-order valence-corrected chi connectivity index (χ1v) is 3.66. The zero-order valence-electron chi connectivity index (χ0n) is 7.33. The number of ether oxygens (including phenoxy) is 1. The fourth-order valence-electron chi connectivity index (χ4n) is 0.981. The Balaban J connectivity index is 3.15. The Labute approximate surface area is 75.0 Å². The fourth-order valence-corrected chi connectivity index (χ4v) is 0.981. The third-order valence-corrected chi connectivity index (χ3v) is 1.62. The van der Waals surface area contributed by atoms with Gasteiger partial charge < -0.3 is 4.74 Å². The summed E-state index contributed by atoms with van der Waals surface area (Å²) in [5.41, 5.74) is 0.922. The lowest BCUT2D eigenvalue weighted by atomic mass is 10.1.